The number of allylic oxidation sites excluding steroid dienone is 2. The van der Waals surface area contributed by atoms with Gasteiger partial charge >= 0.3 is 0 Å². The van der Waals surface area contributed by atoms with E-state index in [0.29, 0.717) is 38.3 Å². The van der Waals surface area contributed by atoms with Crippen molar-refractivity contribution in [2.75, 3.05) is 24.6 Å². The minimum absolute atomic E-state index is 0.0281. The first-order chi connectivity index (χ1) is 21.0. The van der Waals surface area contributed by atoms with Crippen molar-refractivity contribution in [2.45, 2.75) is 76.4 Å². The third-order valence-electron chi connectivity index (χ3n) is 10.7. The van der Waals surface area contributed by atoms with Crippen LogP contribution in [0.4, 0.5) is 5.69 Å². The first-order valence-electron chi connectivity index (χ1n) is 16.0. The van der Waals surface area contributed by atoms with Gasteiger partial charge in [0.15, 0.2) is 0 Å². The van der Waals surface area contributed by atoms with E-state index in [1.54, 1.807) is 25.1 Å². The zero-order chi connectivity index (χ0) is 31.2. The summed E-state index contributed by atoms with van der Waals surface area (Å²) >= 11 is 6.40. The van der Waals surface area contributed by atoms with E-state index < -0.39 is 21.2 Å². The van der Waals surface area contributed by atoms with Gasteiger partial charge in [0.05, 0.1) is 17.5 Å². The number of hydrogen-bond donors (Lipinski definition) is 1. The predicted octanol–water partition coefficient (Wildman–Crippen LogP) is 6.48. The van der Waals surface area contributed by atoms with E-state index in [4.69, 9.17) is 16.3 Å². The minimum Gasteiger partial charge on any atom is -0.490 e. The van der Waals surface area contributed by atoms with E-state index in [9.17, 15) is 18.0 Å². The van der Waals surface area contributed by atoms with Crippen LogP contribution in [0.3, 0.4) is 0 Å². The Kier molecular flexibility index (Phi) is 8.61. The molecule has 4 aliphatic rings. The molecule has 2 aliphatic heterocycles. The maximum Gasteiger partial charge on any atom is 0.264 e. The molecule has 1 N–H and O–H groups in total. The lowest BCUT2D eigenvalue weighted by molar-refractivity contribution is -0.128. The summed E-state index contributed by atoms with van der Waals surface area (Å²) < 4.78 is 35.6. The van der Waals surface area contributed by atoms with Gasteiger partial charge in [-0.2, -0.15) is 0 Å². The van der Waals surface area contributed by atoms with Gasteiger partial charge in [0.2, 0.25) is 10.0 Å². The van der Waals surface area contributed by atoms with Crippen LogP contribution in [0.25, 0.3) is 0 Å². The third-order valence-corrected chi connectivity index (χ3v) is 12.9. The number of ketones is 1. The van der Waals surface area contributed by atoms with Gasteiger partial charge in [-0.3, -0.25) is 9.59 Å². The summed E-state index contributed by atoms with van der Waals surface area (Å²) in [4.78, 5) is 29.5. The van der Waals surface area contributed by atoms with Gasteiger partial charge in [-0.15, -0.1) is 0 Å². The van der Waals surface area contributed by atoms with E-state index >= 15 is 0 Å². The molecule has 6 rings (SSSR count). The Hall–Kier alpha value is -2.84. The number of ether oxygens (including phenoxy) is 1. The Bertz CT molecular complexity index is 1590. The Balaban J connectivity index is 1.42. The van der Waals surface area contributed by atoms with Crippen LogP contribution in [-0.2, 0) is 26.7 Å². The fraction of sp³-hybridized carbons (Fsp3) is 0.543. The van der Waals surface area contributed by atoms with Crippen molar-refractivity contribution in [2.24, 2.45) is 23.7 Å². The van der Waals surface area contributed by atoms with Crippen LogP contribution < -0.4 is 14.4 Å². The zero-order valence-corrected chi connectivity index (χ0v) is 27.4. The number of carbonyl (C=O) groups is 2. The standard InChI is InChI=1S/C35H43ClN2O5S/c1-4-6-24-15-22(2)23(3)44(41,42)37-34(40)26-9-13-33-31(18-26)38(19-27-8-11-29(27)32(39)16-24)20-35(21-43-33)14-5-7-25-17-28(36)10-12-30(25)35/h4,6,9-10,12-13,17-18,22-24,27,29H,5,7-8,11,14-16,19-21H2,1-3H3,(H,37,40)/b6-4+/t22-,23+,24+,27-,29+,35-/m0/s1. The number of amides is 1. The van der Waals surface area contributed by atoms with Gasteiger partial charge in [-0.1, -0.05) is 36.7 Å². The molecule has 44 heavy (non-hydrogen) atoms. The molecule has 0 unspecified atom stereocenters. The van der Waals surface area contributed by atoms with E-state index in [1.165, 1.54) is 11.1 Å². The molecule has 2 aromatic rings. The number of Topliss-reactive ketones (excluding diaryl/α,β-unsaturated/α-hetero) is 1. The lowest BCUT2D eigenvalue weighted by atomic mass is 9.68. The molecule has 0 radical (unpaired) electrons. The summed E-state index contributed by atoms with van der Waals surface area (Å²) in [6.07, 6.45) is 9.71. The van der Waals surface area contributed by atoms with Crippen molar-refractivity contribution in [1.29, 1.82) is 0 Å². The topological polar surface area (TPSA) is 92.8 Å². The number of hydrogen-bond acceptors (Lipinski definition) is 6. The number of fused-ring (bicyclic) bond motifs is 4. The van der Waals surface area contributed by atoms with Crippen molar-refractivity contribution in [3.05, 3.63) is 70.3 Å². The van der Waals surface area contributed by atoms with Gasteiger partial charge in [-0.25, -0.2) is 13.1 Å². The van der Waals surface area contributed by atoms with E-state index in [0.717, 1.165) is 42.8 Å². The number of benzene rings is 2. The summed E-state index contributed by atoms with van der Waals surface area (Å²) in [5.74, 6) is 0.161. The monoisotopic (exact) mass is 638 g/mol. The molecule has 1 fully saturated rings. The van der Waals surface area contributed by atoms with Crippen molar-refractivity contribution < 1.29 is 22.7 Å². The molecule has 1 amide bonds. The van der Waals surface area contributed by atoms with Crippen molar-refractivity contribution in [1.82, 2.24) is 4.72 Å². The highest BCUT2D eigenvalue weighted by Crippen LogP contribution is 2.46. The number of aryl methyl sites for hydroxylation is 1. The molecule has 2 aliphatic carbocycles. The molecule has 0 aromatic heterocycles. The van der Waals surface area contributed by atoms with E-state index in [2.05, 4.69) is 21.8 Å². The number of carbonyl (C=O) groups excluding carboxylic acids is 2. The Morgan fingerprint density at radius 2 is 1.93 bits per heavy atom. The molecule has 2 bridgehead atoms. The molecule has 6 atom stereocenters. The molecule has 0 saturated heterocycles. The zero-order valence-electron chi connectivity index (χ0n) is 25.9. The average molecular weight is 639 g/mol. The quantitative estimate of drug-likeness (QED) is 0.360. The number of anilines is 1. The third kappa shape index (κ3) is 5.92. The lowest BCUT2D eigenvalue weighted by Gasteiger charge is -2.44. The summed E-state index contributed by atoms with van der Waals surface area (Å²) in [6.45, 7) is 7.28. The first kappa shape index (κ1) is 31.2. The number of nitrogens with one attached hydrogen (secondary N) is 1. The molecule has 9 heteroatoms. The van der Waals surface area contributed by atoms with Crippen LogP contribution in [0.5, 0.6) is 5.75 Å². The summed E-state index contributed by atoms with van der Waals surface area (Å²) in [5.41, 5.74) is 3.25. The second kappa shape index (κ2) is 12.2. The van der Waals surface area contributed by atoms with Crippen LogP contribution in [0.1, 0.15) is 80.8 Å². The maximum absolute atomic E-state index is 13.8. The smallest absolute Gasteiger partial charge is 0.264 e. The van der Waals surface area contributed by atoms with Gasteiger partial charge in [0.25, 0.3) is 5.91 Å². The van der Waals surface area contributed by atoms with Gasteiger partial charge in [-0.05, 0) is 112 Å². The van der Waals surface area contributed by atoms with Crippen molar-refractivity contribution >= 4 is 39.0 Å². The SMILES string of the molecule is C/C=C/[C@H]1CC(=O)[C@@H]2CC[C@H]2CN2C[C@@]3(CCCc4cc(Cl)ccc43)COc3ccc(cc32)C(=O)NS(=O)(=O)[C@H](C)[C@@H](C)C1. The van der Waals surface area contributed by atoms with Crippen LogP contribution in [0, 0.1) is 23.7 Å². The fourth-order valence-corrected chi connectivity index (χ4v) is 9.40. The maximum atomic E-state index is 13.8. The Morgan fingerprint density at radius 1 is 1.11 bits per heavy atom. The van der Waals surface area contributed by atoms with Crippen LogP contribution in [-0.4, -0.2) is 45.1 Å². The second-order valence-electron chi connectivity index (χ2n) is 13.6. The van der Waals surface area contributed by atoms with Gasteiger partial charge < -0.3 is 9.64 Å². The molecular formula is C35H43ClN2O5S. The number of rotatable bonds is 1. The highest BCUT2D eigenvalue weighted by molar-refractivity contribution is 7.90. The highest BCUT2D eigenvalue weighted by atomic mass is 35.5. The molecule has 7 nitrogen and oxygen atoms in total. The first-order valence-corrected chi connectivity index (χ1v) is 17.9. The number of nitrogens with zero attached hydrogens (tertiary/aromatic N) is 1. The normalized spacial score (nSPS) is 32.2. The molecule has 2 heterocycles. The molecule has 236 valence electrons. The van der Waals surface area contributed by atoms with Crippen LogP contribution in [0.2, 0.25) is 5.02 Å². The van der Waals surface area contributed by atoms with Crippen LogP contribution >= 0.6 is 11.6 Å². The van der Waals surface area contributed by atoms with E-state index in [-0.39, 0.29) is 40.4 Å². The highest BCUT2D eigenvalue weighted by Gasteiger charge is 2.45. The minimum atomic E-state index is -3.96. The lowest BCUT2D eigenvalue weighted by Crippen LogP contribution is -2.49. The molecule has 2 aromatic carbocycles. The largest absolute Gasteiger partial charge is 0.490 e. The van der Waals surface area contributed by atoms with Gasteiger partial charge in [0, 0.05) is 41.4 Å². The molecule has 1 spiro atoms. The van der Waals surface area contributed by atoms with Crippen molar-refractivity contribution in [3.63, 3.8) is 0 Å². The van der Waals surface area contributed by atoms with Crippen molar-refractivity contribution in [3.8, 4) is 5.75 Å². The molecule has 1 saturated carbocycles. The van der Waals surface area contributed by atoms with E-state index in [1.807, 2.05) is 32.1 Å². The number of sulfonamides is 1. The number of halogens is 1. The van der Waals surface area contributed by atoms with Crippen LogP contribution in [0.15, 0.2) is 48.6 Å². The second-order valence-corrected chi connectivity index (χ2v) is 16.1. The van der Waals surface area contributed by atoms with Gasteiger partial charge in [0.1, 0.15) is 11.5 Å². The Morgan fingerprint density at radius 3 is 2.68 bits per heavy atom. The predicted molar refractivity (Wildman–Crippen MR) is 174 cm³/mol. The fourth-order valence-electron chi connectivity index (χ4n) is 7.92. The summed E-state index contributed by atoms with van der Waals surface area (Å²) in [7, 11) is -3.96. The summed E-state index contributed by atoms with van der Waals surface area (Å²) in [5, 5.41) is -0.0796. The molecular weight excluding hydrogens is 596 g/mol. The summed E-state index contributed by atoms with van der Waals surface area (Å²) in [6, 6.07) is 11.3. The average Bonchev–Trinajstić information content (AvgIpc) is 3.11. The Labute approximate surface area is 266 Å².